The topological polar surface area (TPSA) is 29.5 Å². The van der Waals surface area contributed by atoms with Crippen LogP contribution < -0.4 is 0 Å². The van der Waals surface area contributed by atoms with E-state index in [0.717, 1.165) is 5.33 Å². The van der Waals surface area contributed by atoms with E-state index in [0.29, 0.717) is 19.4 Å². The average Bonchev–Trinajstić information content (AvgIpc) is 1.85. The predicted molar refractivity (Wildman–Crippen MR) is 40.3 cm³/mol. The molecular weight excluding hydrogens is 184 g/mol. The van der Waals surface area contributed by atoms with Crippen LogP contribution in [-0.4, -0.2) is 23.3 Å². The fourth-order valence-electron chi connectivity index (χ4n) is 0.396. The van der Waals surface area contributed by atoms with Gasteiger partial charge in [0.25, 0.3) is 0 Å². The van der Waals surface area contributed by atoms with Gasteiger partial charge in [-0.15, -0.1) is 0 Å². The Morgan fingerprint density at radius 3 is 2.78 bits per heavy atom. The van der Waals surface area contributed by atoms with Crippen LogP contribution in [0.5, 0.6) is 0 Å². The van der Waals surface area contributed by atoms with Crippen LogP contribution in [0.2, 0.25) is 0 Å². The lowest BCUT2D eigenvalue weighted by molar-refractivity contribution is -0.0976. The molecule has 0 fully saturated rings. The minimum atomic E-state index is -0.619. The van der Waals surface area contributed by atoms with Crippen LogP contribution in [0.4, 0.5) is 0 Å². The first kappa shape index (κ1) is 9.40. The van der Waals surface area contributed by atoms with Gasteiger partial charge in [-0.25, -0.2) is 0 Å². The smallest absolute Gasteiger partial charge is 0.155 e. The SMILES string of the molecule is [CH2]CCOC(O)CCBr. The Kier molecular flexibility index (Phi) is 6.81. The molecule has 0 aromatic heterocycles. The van der Waals surface area contributed by atoms with Crippen molar-refractivity contribution in [3.8, 4) is 0 Å². The molecule has 0 amide bonds. The van der Waals surface area contributed by atoms with Crippen molar-refractivity contribution in [3.05, 3.63) is 6.92 Å². The first-order valence-corrected chi connectivity index (χ1v) is 4.08. The number of rotatable bonds is 5. The highest BCUT2D eigenvalue weighted by Crippen LogP contribution is 1.97. The number of aliphatic hydroxyl groups excluding tert-OH is 1. The third-order valence-corrected chi connectivity index (χ3v) is 1.27. The van der Waals surface area contributed by atoms with Gasteiger partial charge >= 0.3 is 0 Å². The summed E-state index contributed by atoms with van der Waals surface area (Å²) in [5.41, 5.74) is 0. The highest BCUT2D eigenvalue weighted by molar-refractivity contribution is 9.09. The molecule has 0 rings (SSSR count). The van der Waals surface area contributed by atoms with Gasteiger partial charge < -0.3 is 9.84 Å². The second kappa shape index (κ2) is 6.52. The van der Waals surface area contributed by atoms with Gasteiger partial charge in [0.1, 0.15) is 0 Å². The second-order valence-electron chi connectivity index (χ2n) is 1.66. The maximum absolute atomic E-state index is 8.90. The molecule has 0 aliphatic carbocycles. The maximum Gasteiger partial charge on any atom is 0.155 e. The average molecular weight is 196 g/mol. The van der Waals surface area contributed by atoms with E-state index in [9.17, 15) is 0 Å². The van der Waals surface area contributed by atoms with Crippen LogP contribution >= 0.6 is 15.9 Å². The van der Waals surface area contributed by atoms with Crippen LogP contribution in [0.1, 0.15) is 12.8 Å². The lowest BCUT2D eigenvalue weighted by Gasteiger charge is -2.07. The third-order valence-electron chi connectivity index (χ3n) is 0.811. The number of alkyl halides is 1. The summed E-state index contributed by atoms with van der Waals surface area (Å²) < 4.78 is 4.89. The molecule has 0 bridgehead atoms. The van der Waals surface area contributed by atoms with Gasteiger partial charge in [-0.1, -0.05) is 22.9 Å². The molecule has 0 saturated carbocycles. The molecule has 0 saturated heterocycles. The summed E-state index contributed by atoms with van der Waals surface area (Å²) in [4.78, 5) is 0. The van der Waals surface area contributed by atoms with Crippen molar-refractivity contribution in [2.24, 2.45) is 0 Å². The molecule has 0 heterocycles. The zero-order valence-corrected chi connectivity index (χ0v) is 6.93. The van der Waals surface area contributed by atoms with E-state index >= 15 is 0 Å². The first-order chi connectivity index (χ1) is 4.31. The summed E-state index contributed by atoms with van der Waals surface area (Å²) in [6.45, 7) is 4.11. The van der Waals surface area contributed by atoms with Crippen LogP contribution in [0.15, 0.2) is 0 Å². The second-order valence-corrected chi connectivity index (χ2v) is 2.45. The van der Waals surface area contributed by atoms with Crippen molar-refractivity contribution in [2.75, 3.05) is 11.9 Å². The highest BCUT2D eigenvalue weighted by Gasteiger charge is 1.99. The largest absolute Gasteiger partial charge is 0.368 e. The van der Waals surface area contributed by atoms with Gasteiger partial charge in [-0.3, -0.25) is 0 Å². The van der Waals surface area contributed by atoms with Crippen molar-refractivity contribution in [1.29, 1.82) is 0 Å². The Balaban J connectivity index is 2.95. The van der Waals surface area contributed by atoms with E-state index in [1.807, 2.05) is 0 Å². The van der Waals surface area contributed by atoms with Crippen molar-refractivity contribution >= 4 is 15.9 Å². The Morgan fingerprint density at radius 2 is 2.33 bits per heavy atom. The molecule has 2 nitrogen and oxygen atoms in total. The molecular formula is C6H12BrO2. The van der Waals surface area contributed by atoms with E-state index in [1.54, 1.807) is 0 Å². The zero-order chi connectivity index (χ0) is 7.11. The van der Waals surface area contributed by atoms with Crippen LogP contribution in [0, 0.1) is 6.92 Å². The number of aliphatic hydroxyl groups is 1. The van der Waals surface area contributed by atoms with E-state index < -0.39 is 6.29 Å². The molecule has 1 N–H and O–H groups in total. The minimum Gasteiger partial charge on any atom is -0.368 e. The lowest BCUT2D eigenvalue weighted by Crippen LogP contribution is -2.12. The van der Waals surface area contributed by atoms with E-state index in [2.05, 4.69) is 22.9 Å². The Hall–Kier alpha value is 0.400. The fourth-order valence-corrected chi connectivity index (χ4v) is 0.788. The lowest BCUT2D eigenvalue weighted by atomic mass is 10.4. The van der Waals surface area contributed by atoms with Crippen molar-refractivity contribution in [2.45, 2.75) is 19.1 Å². The van der Waals surface area contributed by atoms with Gasteiger partial charge in [0.2, 0.25) is 0 Å². The van der Waals surface area contributed by atoms with Crippen LogP contribution in [-0.2, 0) is 4.74 Å². The fraction of sp³-hybridized carbons (Fsp3) is 0.833. The summed E-state index contributed by atoms with van der Waals surface area (Å²) in [6, 6.07) is 0. The third kappa shape index (κ3) is 6.28. The minimum absolute atomic E-state index is 0.536. The molecule has 0 aliphatic heterocycles. The predicted octanol–water partition coefficient (Wildman–Crippen LogP) is 1.33. The van der Waals surface area contributed by atoms with Crippen molar-refractivity contribution in [3.63, 3.8) is 0 Å². The van der Waals surface area contributed by atoms with E-state index in [1.165, 1.54) is 0 Å². The summed E-state index contributed by atoms with van der Waals surface area (Å²) >= 11 is 3.19. The van der Waals surface area contributed by atoms with Gasteiger partial charge in [0.15, 0.2) is 6.29 Å². The maximum atomic E-state index is 8.90. The van der Waals surface area contributed by atoms with Crippen LogP contribution in [0.25, 0.3) is 0 Å². The number of ether oxygens (including phenoxy) is 1. The van der Waals surface area contributed by atoms with Crippen LogP contribution in [0.3, 0.4) is 0 Å². The number of hydrogen-bond donors (Lipinski definition) is 1. The van der Waals surface area contributed by atoms with Gasteiger partial charge in [-0.05, 0) is 6.42 Å². The first-order valence-electron chi connectivity index (χ1n) is 2.96. The summed E-state index contributed by atoms with van der Waals surface area (Å²) in [5, 5.41) is 9.67. The quantitative estimate of drug-likeness (QED) is 0.530. The van der Waals surface area contributed by atoms with E-state index in [4.69, 9.17) is 9.84 Å². The molecule has 1 unspecified atom stereocenters. The normalized spacial score (nSPS) is 13.7. The molecule has 3 heteroatoms. The zero-order valence-electron chi connectivity index (χ0n) is 5.35. The summed E-state index contributed by atoms with van der Waals surface area (Å²) in [7, 11) is 0. The molecule has 9 heavy (non-hydrogen) atoms. The van der Waals surface area contributed by atoms with Gasteiger partial charge in [0, 0.05) is 18.4 Å². The summed E-state index contributed by atoms with van der Waals surface area (Å²) in [6.07, 6.45) is 0.727. The number of hydrogen-bond acceptors (Lipinski definition) is 2. The highest BCUT2D eigenvalue weighted by atomic mass is 79.9. The monoisotopic (exact) mass is 195 g/mol. The van der Waals surface area contributed by atoms with E-state index in [-0.39, 0.29) is 0 Å². The Morgan fingerprint density at radius 1 is 1.67 bits per heavy atom. The Labute approximate surface area is 64.3 Å². The van der Waals surface area contributed by atoms with Crippen molar-refractivity contribution in [1.82, 2.24) is 0 Å². The molecule has 55 valence electrons. The molecule has 1 atom stereocenters. The van der Waals surface area contributed by atoms with Gasteiger partial charge in [0.05, 0.1) is 0 Å². The molecule has 1 radical (unpaired) electrons. The molecule has 0 aliphatic rings. The number of halogens is 1. The standard InChI is InChI=1S/C6H12BrO2/c1-2-5-9-6(8)3-4-7/h6,8H,1-5H2. The molecule has 0 spiro atoms. The molecule has 0 aromatic rings. The summed E-state index contributed by atoms with van der Waals surface area (Å²) in [5.74, 6) is 0. The molecule has 0 aromatic carbocycles. The van der Waals surface area contributed by atoms with Crippen molar-refractivity contribution < 1.29 is 9.84 Å². The Bertz CT molecular complexity index is 59.0. The van der Waals surface area contributed by atoms with Gasteiger partial charge in [-0.2, -0.15) is 0 Å².